The summed E-state index contributed by atoms with van der Waals surface area (Å²) in [6.45, 7) is 0.810. The van der Waals surface area contributed by atoms with E-state index in [2.05, 4.69) is 37.0 Å². The number of carbonyl (C=O) groups excluding carboxylic acids is 1. The van der Waals surface area contributed by atoms with Crippen LogP contribution in [0.2, 0.25) is 15.1 Å². The van der Waals surface area contributed by atoms with E-state index >= 15 is 0 Å². The van der Waals surface area contributed by atoms with E-state index in [0.717, 1.165) is 32.7 Å². The van der Waals surface area contributed by atoms with Crippen LogP contribution in [-0.4, -0.2) is 20.6 Å². The highest BCUT2D eigenvalue weighted by molar-refractivity contribution is 9.10. The highest BCUT2D eigenvalue weighted by Gasteiger charge is 2.13. The maximum absolute atomic E-state index is 12.3. The van der Waals surface area contributed by atoms with Crippen LogP contribution >= 0.6 is 50.7 Å². The highest BCUT2D eigenvalue weighted by atomic mass is 79.9. The first kappa shape index (κ1) is 26.3. The molecule has 5 aromatic rings. The van der Waals surface area contributed by atoms with Gasteiger partial charge in [0, 0.05) is 45.5 Å². The van der Waals surface area contributed by atoms with Crippen molar-refractivity contribution in [2.24, 2.45) is 0 Å². The van der Waals surface area contributed by atoms with Crippen LogP contribution in [0.4, 0.5) is 16.3 Å². The third-order valence-electron chi connectivity index (χ3n) is 5.72. The molecule has 5 rings (SSSR count). The molecule has 0 atom stereocenters. The predicted molar refractivity (Wildman–Crippen MR) is 157 cm³/mol. The van der Waals surface area contributed by atoms with Crippen LogP contribution in [0.3, 0.4) is 0 Å². The molecular formula is C27H20BrCl3N6O. The number of nitrogens with zero attached hydrogens (tertiary/aromatic N) is 3. The number of urea groups is 1. The molecule has 0 aliphatic heterocycles. The Bertz CT molecular complexity index is 1620. The molecule has 2 heterocycles. The molecule has 38 heavy (non-hydrogen) atoms. The van der Waals surface area contributed by atoms with E-state index in [1.54, 1.807) is 28.9 Å². The van der Waals surface area contributed by atoms with Crippen molar-refractivity contribution >= 4 is 73.9 Å². The van der Waals surface area contributed by atoms with Gasteiger partial charge in [-0.05, 0) is 57.4 Å². The molecule has 3 N–H and O–H groups in total. The van der Waals surface area contributed by atoms with Crippen LogP contribution in [0.1, 0.15) is 11.1 Å². The molecule has 0 unspecified atom stereocenters. The van der Waals surface area contributed by atoms with Gasteiger partial charge in [-0.25, -0.2) is 9.78 Å². The first-order valence-corrected chi connectivity index (χ1v) is 13.4. The van der Waals surface area contributed by atoms with Crippen LogP contribution in [0.5, 0.6) is 0 Å². The van der Waals surface area contributed by atoms with E-state index < -0.39 is 0 Å². The molecule has 7 nitrogen and oxygen atoms in total. The fourth-order valence-electron chi connectivity index (χ4n) is 3.78. The Hall–Kier alpha value is -3.30. The average molecular weight is 631 g/mol. The Labute approximate surface area is 242 Å². The number of hydrogen-bond donors (Lipinski definition) is 3. The van der Waals surface area contributed by atoms with Gasteiger partial charge in [0.2, 0.25) is 0 Å². The Morgan fingerprint density at radius 2 is 1.71 bits per heavy atom. The van der Waals surface area contributed by atoms with Crippen LogP contribution in [-0.2, 0) is 13.1 Å². The van der Waals surface area contributed by atoms with E-state index in [1.807, 2.05) is 54.6 Å². The lowest BCUT2D eigenvalue weighted by molar-refractivity contribution is 0.251. The first-order chi connectivity index (χ1) is 18.4. The summed E-state index contributed by atoms with van der Waals surface area (Å²) in [4.78, 5) is 17.1. The molecule has 0 spiro atoms. The SMILES string of the molecule is O=C(NCc1ccc(Cl)cc1Cl)Nc1ccc(CNc2cc(-c3ccccc3Cl)nc3c(Br)cnn23)cc1. The lowest BCUT2D eigenvalue weighted by Gasteiger charge is -2.12. The summed E-state index contributed by atoms with van der Waals surface area (Å²) < 4.78 is 2.51. The lowest BCUT2D eigenvalue weighted by atomic mass is 10.1. The molecule has 0 saturated heterocycles. The molecule has 0 radical (unpaired) electrons. The summed E-state index contributed by atoms with van der Waals surface area (Å²) in [5, 5.41) is 15.1. The van der Waals surface area contributed by atoms with Gasteiger partial charge in [0.05, 0.1) is 16.4 Å². The van der Waals surface area contributed by atoms with Crippen molar-refractivity contribution in [3.63, 3.8) is 0 Å². The zero-order valence-corrected chi connectivity index (χ0v) is 23.5. The molecule has 0 aliphatic rings. The molecule has 0 fully saturated rings. The second kappa shape index (κ2) is 11.6. The third kappa shape index (κ3) is 6.05. The van der Waals surface area contributed by atoms with Crippen LogP contribution in [0, 0.1) is 0 Å². The molecule has 0 aliphatic carbocycles. The summed E-state index contributed by atoms with van der Waals surface area (Å²) >= 11 is 22.0. The Balaban J connectivity index is 1.24. The molecule has 2 aromatic heterocycles. The normalized spacial score (nSPS) is 10.9. The molecule has 2 amide bonds. The monoisotopic (exact) mass is 628 g/mol. The van der Waals surface area contributed by atoms with E-state index in [1.165, 1.54) is 0 Å². The number of nitrogens with one attached hydrogen (secondary N) is 3. The van der Waals surface area contributed by atoms with Crippen molar-refractivity contribution in [3.05, 3.63) is 110 Å². The van der Waals surface area contributed by atoms with Gasteiger partial charge in [0.15, 0.2) is 5.65 Å². The minimum atomic E-state index is -0.336. The standard InChI is InChI=1S/C27H20BrCl3N6O/c28-21-15-34-37-25(12-24(36-26(21)37)20-3-1-2-4-22(20)30)32-13-16-5-9-19(10-6-16)35-27(38)33-14-17-7-8-18(29)11-23(17)31/h1-12,15,32H,13-14H2,(H2,33,35,38). The van der Waals surface area contributed by atoms with Gasteiger partial charge in [0.25, 0.3) is 0 Å². The van der Waals surface area contributed by atoms with Gasteiger partial charge in [0.1, 0.15) is 5.82 Å². The third-order valence-corrected chi connectivity index (χ3v) is 7.19. The molecule has 0 bridgehead atoms. The summed E-state index contributed by atoms with van der Waals surface area (Å²) in [5.74, 6) is 0.762. The molecular weight excluding hydrogens is 611 g/mol. The Morgan fingerprint density at radius 1 is 0.921 bits per heavy atom. The van der Waals surface area contributed by atoms with Crippen LogP contribution < -0.4 is 16.0 Å². The van der Waals surface area contributed by atoms with Crippen molar-refractivity contribution in [3.8, 4) is 11.3 Å². The second-order valence-corrected chi connectivity index (χ2v) is 10.4. The van der Waals surface area contributed by atoms with Crippen molar-refractivity contribution in [2.75, 3.05) is 10.6 Å². The second-order valence-electron chi connectivity index (χ2n) is 8.33. The Morgan fingerprint density at radius 3 is 2.47 bits per heavy atom. The fourth-order valence-corrected chi connectivity index (χ4v) is 4.84. The zero-order chi connectivity index (χ0) is 26.6. The van der Waals surface area contributed by atoms with Gasteiger partial charge in [-0.2, -0.15) is 9.61 Å². The predicted octanol–water partition coefficient (Wildman–Crippen LogP) is 8.05. The average Bonchev–Trinajstić information content (AvgIpc) is 3.28. The summed E-state index contributed by atoms with van der Waals surface area (Å²) in [6.07, 6.45) is 1.70. The zero-order valence-electron chi connectivity index (χ0n) is 19.7. The number of benzene rings is 3. The fraction of sp³-hybridized carbons (Fsp3) is 0.0741. The number of fused-ring (bicyclic) bond motifs is 1. The van der Waals surface area contributed by atoms with Crippen molar-refractivity contribution in [1.29, 1.82) is 0 Å². The number of carbonyl (C=O) groups is 1. The van der Waals surface area contributed by atoms with Gasteiger partial charge in [-0.1, -0.05) is 71.2 Å². The maximum Gasteiger partial charge on any atom is 0.319 e. The van der Waals surface area contributed by atoms with E-state index in [-0.39, 0.29) is 12.6 Å². The number of rotatable bonds is 7. The number of anilines is 2. The molecule has 192 valence electrons. The topological polar surface area (TPSA) is 83.4 Å². The summed E-state index contributed by atoms with van der Waals surface area (Å²) in [6, 6.07) is 21.9. The van der Waals surface area contributed by atoms with Crippen molar-refractivity contribution < 1.29 is 4.79 Å². The first-order valence-electron chi connectivity index (χ1n) is 11.5. The van der Waals surface area contributed by atoms with Gasteiger partial charge < -0.3 is 16.0 Å². The van der Waals surface area contributed by atoms with Crippen LogP contribution in [0.25, 0.3) is 16.9 Å². The van der Waals surface area contributed by atoms with E-state index in [9.17, 15) is 4.79 Å². The molecule has 3 aromatic carbocycles. The minimum Gasteiger partial charge on any atom is -0.366 e. The van der Waals surface area contributed by atoms with E-state index in [4.69, 9.17) is 39.8 Å². The molecule has 0 saturated carbocycles. The quantitative estimate of drug-likeness (QED) is 0.170. The van der Waals surface area contributed by atoms with Gasteiger partial charge >= 0.3 is 6.03 Å². The largest absolute Gasteiger partial charge is 0.366 e. The van der Waals surface area contributed by atoms with Gasteiger partial charge in [-0.3, -0.25) is 0 Å². The number of amides is 2. The summed E-state index contributed by atoms with van der Waals surface area (Å²) in [7, 11) is 0. The number of aromatic nitrogens is 3. The maximum atomic E-state index is 12.3. The smallest absolute Gasteiger partial charge is 0.319 e. The highest BCUT2D eigenvalue weighted by Crippen LogP contribution is 2.30. The van der Waals surface area contributed by atoms with Crippen LogP contribution in [0.15, 0.2) is 83.5 Å². The number of hydrogen-bond acceptors (Lipinski definition) is 4. The van der Waals surface area contributed by atoms with E-state index in [0.29, 0.717) is 32.9 Å². The Kier molecular flexibility index (Phi) is 8.04. The van der Waals surface area contributed by atoms with Crippen molar-refractivity contribution in [2.45, 2.75) is 13.1 Å². The van der Waals surface area contributed by atoms with Crippen molar-refractivity contribution in [1.82, 2.24) is 19.9 Å². The minimum absolute atomic E-state index is 0.282. The summed E-state index contributed by atoms with van der Waals surface area (Å²) in [5.41, 5.74) is 4.70. The molecule has 11 heteroatoms. The number of halogens is 4. The lowest BCUT2D eigenvalue weighted by Crippen LogP contribution is -2.28. The van der Waals surface area contributed by atoms with Gasteiger partial charge in [-0.15, -0.1) is 0 Å².